The van der Waals surface area contributed by atoms with Gasteiger partial charge in [0.25, 0.3) is 5.91 Å². The lowest BCUT2D eigenvalue weighted by Gasteiger charge is -2.08. The Labute approximate surface area is 140 Å². The van der Waals surface area contributed by atoms with Gasteiger partial charge >= 0.3 is 6.18 Å². The fraction of sp³-hybridized carbons (Fsp3) is 0.176. The number of rotatable bonds is 4. The van der Waals surface area contributed by atoms with E-state index >= 15 is 0 Å². The summed E-state index contributed by atoms with van der Waals surface area (Å²) < 4.78 is 38.6. The van der Waals surface area contributed by atoms with Gasteiger partial charge in [-0.2, -0.15) is 13.2 Å². The van der Waals surface area contributed by atoms with E-state index in [1.807, 2.05) is 24.3 Å². The third kappa shape index (κ3) is 3.73. The second kappa shape index (κ2) is 6.60. The molecule has 3 rings (SSSR count). The van der Waals surface area contributed by atoms with E-state index in [-0.39, 0.29) is 5.56 Å². The molecule has 0 atom stereocenters. The summed E-state index contributed by atoms with van der Waals surface area (Å²) in [5, 5.41) is 3.60. The van der Waals surface area contributed by atoms with Crippen LogP contribution in [-0.4, -0.2) is 17.4 Å². The highest BCUT2D eigenvalue weighted by Gasteiger charge is 2.30. The normalized spacial score (nSPS) is 11.6. The topological polar surface area (TPSA) is 42.0 Å². The number of carbonyl (C=O) groups excluding carboxylic acids is 1. The minimum atomic E-state index is -4.40. The number of nitrogens with one attached hydrogen (secondary N) is 1. The van der Waals surface area contributed by atoms with E-state index in [2.05, 4.69) is 10.3 Å². The molecule has 0 saturated heterocycles. The maximum absolute atomic E-state index is 12.5. The Morgan fingerprint density at radius 2 is 1.79 bits per heavy atom. The molecule has 24 heavy (non-hydrogen) atoms. The molecule has 124 valence electrons. The zero-order valence-corrected chi connectivity index (χ0v) is 13.2. The van der Waals surface area contributed by atoms with Crippen LogP contribution in [0, 0.1) is 0 Å². The van der Waals surface area contributed by atoms with Gasteiger partial charge in [-0.05, 0) is 36.4 Å². The summed E-state index contributed by atoms with van der Waals surface area (Å²) in [5.74, 6) is -0.398. The van der Waals surface area contributed by atoms with Crippen molar-refractivity contribution in [2.75, 3.05) is 6.54 Å². The summed E-state index contributed by atoms with van der Waals surface area (Å²) in [6.45, 7) is 0.375. The van der Waals surface area contributed by atoms with Crippen molar-refractivity contribution >= 4 is 27.5 Å². The van der Waals surface area contributed by atoms with Crippen molar-refractivity contribution in [2.45, 2.75) is 12.6 Å². The first-order valence-corrected chi connectivity index (χ1v) is 8.05. The van der Waals surface area contributed by atoms with Crippen LogP contribution in [0.15, 0.2) is 48.5 Å². The van der Waals surface area contributed by atoms with Crippen molar-refractivity contribution in [3.63, 3.8) is 0 Å². The molecule has 0 saturated carbocycles. The molecule has 0 spiro atoms. The Bertz CT molecular complexity index is 823. The Kier molecular flexibility index (Phi) is 4.53. The number of aromatic nitrogens is 1. The van der Waals surface area contributed by atoms with Gasteiger partial charge < -0.3 is 5.32 Å². The van der Waals surface area contributed by atoms with E-state index in [4.69, 9.17) is 0 Å². The largest absolute Gasteiger partial charge is 0.416 e. The van der Waals surface area contributed by atoms with Gasteiger partial charge in [-0.1, -0.05) is 12.1 Å². The van der Waals surface area contributed by atoms with E-state index in [9.17, 15) is 18.0 Å². The van der Waals surface area contributed by atoms with Crippen molar-refractivity contribution in [3.8, 4) is 0 Å². The number of benzene rings is 2. The predicted octanol–water partition coefficient (Wildman–Crippen LogP) is 4.29. The van der Waals surface area contributed by atoms with Gasteiger partial charge in [-0.3, -0.25) is 4.79 Å². The number of carbonyl (C=O) groups is 1. The van der Waals surface area contributed by atoms with Crippen LogP contribution < -0.4 is 5.32 Å². The van der Waals surface area contributed by atoms with Gasteiger partial charge in [-0.25, -0.2) is 4.98 Å². The number of fused-ring (bicyclic) bond motifs is 1. The van der Waals surface area contributed by atoms with Crippen LogP contribution in [0.4, 0.5) is 13.2 Å². The van der Waals surface area contributed by atoms with E-state index in [0.29, 0.717) is 13.0 Å². The third-order valence-corrected chi connectivity index (χ3v) is 4.53. The van der Waals surface area contributed by atoms with Crippen molar-refractivity contribution in [1.29, 1.82) is 0 Å². The van der Waals surface area contributed by atoms with Gasteiger partial charge in [-0.15, -0.1) is 11.3 Å². The molecule has 3 aromatic rings. The highest BCUT2D eigenvalue weighted by molar-refractivity contribution is 7.18. The van der Waals surface area contributed by atoms with Crippen LogP contribution in [0.3, 0.4) is 0 Å². The fourth-order valence-corrected chi connectivity index (χ4v) is 3.19. The molecule has 1 aromatic heterocycles. The lowest BCUT2D eigenvalue weighted by Crippen LogP contribution is -2.25. The molecule has 0 radical (unpaired) electrons. The number of amides is 1. The molecular weight excluding hydrogens is 337 g/mol. The lowest BCUT2D eigenvalue weighted by molar-refractivity contribution is -0.137. The highest BCUT2D eigenvalue weighted by atomic mass is 32.1. The first-order valence-electron chi connectivity index (χ1n) is 7.23. The van der Waals surface area contributed by atoms with Crippen molar-refractivity contribution < 1.29 is 18.0 Å². The van der Waals surface area contributed by atoms with Crippen LogP contribution in [0.1, 0.15) is 20.9 Å². The number of para-hydroxylation sites is 1. The Morgan fingerprint density at radius 1 is 1.08 bits per heavy atom. The van der Waals surface area contributed by atoms with Crippen molar-refractivity contribution in [3.05, 3.63) is 64.7 Å². The first-order chi connectivity index (χ1) is 11.4. The molecule has 0 aliphatic carbocycles. The first kappa shape index (κ1) is 16.4. The van der Waals surface area contributed by atoms with Crippen LogP contribution in [-0.2, 0) is 12.6 Å². The number of hydrogen-bond donors (Lipinski definition) is 1. The molecule has 7 heteroatoms. The molecule has 1 amide bonds. The Morgan fingerprint density at radius 3 is 2.46 bits per heavy atom. The van der Waals surface area contributed by atoms with Crippen LogP contribution in [0.2, 0.25) is 0 Å². The van der Waals surface area contributed by atoms with Gasteiger partial charge in [0.2, 0.25) is 0 Å². The molecule has 3 nitrogen and oxygen atoms in total. The van der Waals surface area contributed by atoms with Crippen LogP contribution in [0.5, 0.6) is 0 Å². The zero-order chi connectivity index (χ0) is 17.2. The summed E-state index contributed by atoms with van der Waals surface area (Å²) in [6.07, 6.45) is -3.83. The summed E-state index contributed by atoms with van der Waals surface area (Å²) >= 11 is 1.56. The maximum Gasteiger partial charge on any atom is 0.416 e. The highest BCUT2D eigenvalue weighted by Crippen LogP contribution is 2.29. The molecule has 0 unspecified atom stereocenters. The van der Waals surface area contributed by atoms with Gasteiger partial charge in [0.15, 0.2) is 0 Å². The molecule has 0 aliphatic rings. The van der Waals surface area contributed by atoms with Crippen molar-refractivity contribution in [1.82, 2.24) is 10.3 Å². The third-order valence-electron chi connectivity index (χ3n) is 3.44. The molecule has 0 bridgehead atoms. The number of thiazole rings is 1. The van der Waals surface area contributed by atoms with Gasteiger partial charge in [0, 0.05) is 18.5 Å². The summed E-state index contributed by atoms with van der Waals surface area (Å²) in [5.41, 5.74) is 0.354. The average Bonchev–Trinajstić information content (AvgIpc) is 2.96. The summed E-state index contributed by atoms with van der Waals surface area (Å²) in [6, 6.07) is 11.9. The SMILES string of the molecule is O=C(NCCc1nc2ccccc2s1)c1ccc(C(F)(F)F)cc1. The smallest absolute Gasteiger partial charge is 0.352 e. The Hall–Kier alpha value is -2.41. The zero-order valence-electron chi connectivity index (χ0n) is 12.4. The molecule has 1 heterocycles. The number of nitrogens with zero attached hydrogens (tertiary/aromatic N) is 1. The Balaban J connectivity index is 1.57. The van der Waals surface area contributed by atoms with Crippen LogP contribution in [0.25, 0.3) is 10.2 Å². The number of halogens is 3. The molecule has 0 fully saturated rings. The molecule has 2 aromatic carbocycles. The molecule has 1 N–H and O–H groups in total. The maximum atomic E-state index is 12.5. The molecular formula is C17H13F3N2OS. The standard InChI is InChI=1S/C17H13F3N2OS/c18-17(19,20)12-7-5-11(6-8-12)16(23)21-10-9-15-22-13-3-1-2-4-14(13)24-15/h1-8H,9-10H2,(H,21,23). The van der Waals surface area contributed by atoms with Gasteiger partial charge in [0.1, 0.15) is 0 Å². The second-order valence-electron chi connectivity index (χ2n) is 5.16. The van der Waals surface area contributed by atoms with E-state index in [1.165, 1.54) is 12.1 Å². The summed E-state index contributed by atoms with van der Waals surface area (Å²) in [7, 11) is 0. The van der Waals surface area contributed by atoms with Gasteiger partial charge in [0.05, 0.1) is 20.8 Å². The minimum Gasteiger partial charge on any atom is -0.352 e. The number of alkyl halides is 3. The van der Waals surface area contributed by atoms with E-state index in [1.54, 1.807) is 11.3 Å². The molecule has 0 aliphatic heterocycles. The monoisotopic (exact) mass is 350 g/mol. The average molecular weight is 350 g/mol. The summed E-state index contributed by atoms with van der Waals surface area (Å²) in [4.78, 5) is 16.4. The second-order valence-corrected chi connectivity index (χ2v) is 6.27. The van der Waals surface area contributed by atoms with Crippen LogP contribution >= 0.6 is 11.3 Å². The fourth-order valence-electron chi connectivity index (χ4n) is 2.22. The van der Waals surface area contributed by atoms with Crippen molar-refractivity contribution in [2.24, 2.45) is 0 Å². The number of hydrogen-bond acceptors (Lipinski definition) is 3. The van der Waals surface area contributed by atoms with E-state index < -0.39 is 17.6 Å². The quantitative estimate of drug-likeness (QED) is 0.763. The predicted molar refractivity (Wildman–Crippen MR) is 87.1 cm³/mol. The van der Waals surface area contributed by atoms with E-state index in [0.717, 1.165) is 27.4 Å². The lowest BCUT2D eigenvalue weighted by atomic mass is 10.1. The minimum absolute atomic E-state index is 0.201.